The Morgan fingerprint density at radius 1 is 1.08 bits per heavy atom. The van der Waals surface area contributed by atoms with E-state index in [1.54, 1.807) is 12.3 Å². The van der Waals surface area contributed by atoms with Gasteiger partial charge in [-0.05, 0) is 25.2 Å². The van der Waals surface area contributed by atoms with Crippen LogP contribution in [-0.4, -0.2) is 91.4 Å². The second kappa shape index (κ2) is 9.52. The zero-order valence-corrected chi connectivity index (χ0v) is 16.4. The molecule has 1 aromatic rings. The lowest BCUT2D eigenvalue weighted by atomic mass is 10.2. The van der Waals surface area contributed by atoms with E-state index in [0.717, 1.165) is 19.6 Å². The first kappa shape index (κ1) is 20.2. The van der Waals surface area contributed by atoms with Gasteiger partial charge in [0.25, 0.3) is 5.91 Å². The van der Waals surface area contributed by atoms with Crippen LogP contribution in [0.25, 0.3) is 0 Å². The summed E-state index contributed by atoms with van der Waals surface area (Å²) < 4.78 is 0. The second-order valence-electron chi connectivity index (χ2n) is 6.72. The summed E-state index contributed by atoms with van der Waals surface area (Å²) >= 11 is 0. The molecule has 1 aromatic heterocycles. The number of aromatic nitrogens is 1. The zero-order chi connectivity index (χ0) is 19.1. The molecule has 0 aromatic carbocycles. The highest BCUT2D eigenvalue weighted by atomic mass is 16.2. The maximum atomic E-state index is 12.8. The van der Waals surface area contributed by atoms with Gasteiger partial charge in [0, 0.05) is 59.4 Å². The smallest absolute Gasteiger partial charge is 0.257 e. The molecule has 2 heterocycles. The number of anilines is 1. The molecule has 0 N–H and O–H groups in total. The number of nitrogens with zero attached hydrogens (tertiary/aromatic N) is 5. The Kier molecular flexibility index (Phi) is 7.38. The average molecular weight is 361 g/mol. The molecule has 0 bridgehead atoms. The van der Waals surface area contributed by atoms with Crippen molar-refractivity contribution in [2.45, 2.75) is 20.3 Å². The quantitative estimate of drug-likeness (QED) is 0.729. The van der Waals surface area contributed by atoms with Gasteiger partial charge in [-0.25, -0.2) is 4.98 Å². The van der Waals surface area contributed by atoms with Crippen LogP contribution in [-0.2, 0) is 4.79 Å². The molecule has 1 saturated heterocycles. The summed E-state index contributed by atoms with van der Waals surface area (Å²) in [4.78, 5) is 37.3. The van der Waals surface area contributed by atoms with Gasteiger partial charge in [-0.2, -0.15) is 0 Å². The SMILES string of the molecule is CCN(CC)CCC(=O)N1CCN(C(=O)c2cccnc2N(C)C)CC1. The minimum Gasteiger partial charge on any atom is -0.362 e. The Labute approximate surface area is 156 Å². The Morgan fingerprint density at radius 3 is 2.27 bits per heavy atom. The van der Waals surface area contributed by atoms with Crippen molar-refractivity contribution in [3.8, 4) is 0 Å². The molecule has 7 nitrogen and oxygen atoms in total. The number of hydrogen-bond acceptors (Lipinski definition) is 5. The third-order valence-corrected chi connectivity index (χ3v) is 4.90. The second-order valence-corrected chi connectivity index (χ2v) is 6.72. The van der Waals surface area contributed by atoms with Crippen LogP contribution in [0.2, 0.25) is 0 Å². The maximum absolute atomic E-state index is 12.8. The van der Waals surface area contributed by atoms with E-state index in [9.17, 15) is 9.59 Å². The number of rotatable bonds is 7. The molecule has 0 saturated carbocycles. The molecular weight excluding hydrogens is 330 g/mol. The fourth-order valence-corrected chi connectivity index (χ4v) is 3.20. The van der Waals surface area contributed by atoms with Crippen molar-refractivity contribution in [3.63, 3.8) is 0 Å². The highest BCUT2D eigenvalue weighted by Gasteiger charge is 2.26. The Morgan fingerprint density at radius 2 is 1.69 bits per heavy atom. The summed E-state index contributed by atoms with van der Waals surface area (Å²) in [7, 11) is 3.76. The standard InChI is InChI=1S/C19H31N5O2/c1-5-22(6-2)11-9-17(25)23-12-14-24(15-13-23)19(26)16-8-7-10-20-18(16)21(3)4/h7-8,10H,5-6,9,11-15H2,1-4H3. The zero-order valence-electron chi connectivity index (χ0n) is 16.4. The molecule has 0 unspecified atom stereocenters. The summed E-state index contributed by atoms with van der Waals surface area (Å²) in [5.41, 5.74) is 0.610. The number of hydrogen-bond donors (Lipinski definition) is 0. The Balaban J connectivity index is 1.90. The third-order valence-electron chi connectivity index (χ3n) is 4.90. The van der Waals surface area contributed by atoms with E-state index in [1.165, 1.54) is 0 Å². The van der Waals surface area contributed by atoms with Crippen LogP contribution in [0, 0.1) is 0 Å². The number of carbonyl (C=O) groups is 2. The average Bonchev–Trinajstić information content (AvgIpc) is 2.68. The molecule has 144 valence electrons. The van der Waals surface area contributed by atoms with Crippen molar-refractivity contribution in [2.24, 2.45) is 0 Å². The monoisotopic (exact) mass is 361 g/mol. The van der Waals surface area contributed by atoms with Crippen LogP contribution in [0.5, 0.6) is 0 Å². The van der Waals surface area contributed by atoms with E-state index in [4.69, 9.17) is 0 Å². The summed E-state index contributed by atoms with van der Waals surface area (Å²) in [6.07, 6.45) is 2.24. The molecule has 26 heavy (non-hydrogen) atoms. The van der Waals surface area contributed by atoms with Crippen molar-refractivity contribution in [3.05, 3.63) is 23.9 Å². The van der Waals surface area contributed by atoms with E-state index >= 15 is 0 Å². The predicted molar refractivity (Wildman–Crippen MR) is 103 cm³/mol. The van der Waals surface area contributed by atoms with Crippen molar-refractivity contribution in [1.29, 1.82) is 0 Å². The Hall–Kier alpha value is -2.15. The van der Waals surface area contributed by atoms with Gasteiger partial charge < -0.3 is 19.6 Å². The first-order valence-electron chi connectivity index (χ1n) is 9.39. The summed E-state index contributed by atoms with van der Waals surface area (Å²) in [6, 6.07) is 3.60. The van der Waals surface area contributed by atoms with Crippen molar-refractivity contribution < 1.29 is 9.59 Å². The fraction of sp³-hybridized carbons (Fsp3) is 0.632. The number of carbonyl (C=O) groups excluding carboxylic acids is 2. The fourth-order valence-electron chi connectivity index (χ4n) is 3.20. The van der Waals surface area contributed by atoms with Gasteiger partial charge in [0.1, 0.15) is 5.82 Å². The molecule has 0 aliphatic carbocycles. The van der Waals surface area contributed by atoms with E-state index in [-0.39, 0.29) is 11.8 Å². The van der Waals surface area contributed by atoms with E-state index in [0.29, 0.717) is 44.0 Å². The molecule has 1 aliphatic rings. The lowest BCUT2D eigenvalue weighted by Gasteiger charge is -2.35. The normalized spacial score (nSPS) is 14.7. The van der Waals surface area contributed by atoms with Crippen LogP contribution < -0.4 is 4.90 Å². The van der Waals surface area contributed by atoms with E-state index in [1.807, 2.05) is 34.9 Å². The molecule has 0 radical (unpaired) electrons. The summed E-state index contributed by atoms with van der Waals surface area (Å²) in [5.74, 6) is 0.839. The number of pyridine rings is 1. The van der Waals surface area contributed by atoms with Crippen LogP contribution in [0.1, 0.15) is 30.6 Å². The van der Waals surface area contributed by atoms with Gasteiger partial charge in [-0.3, -0.25) is 9.59 Å². The van der Waals surface area contributed by atoms with Crippen LogP contribution in [0.4, 0.5) is 5.82 Å². The van der Waals surface area contributed by atoms with Gasteiger partial charge in [-0.15, -0.1) is 0 Å². The molecule has 1 aliphatic heterocycles. The topological polar surface area (TPSA) is 60.0 Å². The van der Waals surface area contributed by atoms with Crippen molar-refractivity contribution in [2.75, 3.05) is 64.8 Å². The summed E-state index contributed by atoms with van der Waals surface area (Å²) in [6.45, 7) is 9.27. The van der Waals surface area contributed by atoms with E-state index in [2.05, 4.69) is 23.7 Å². The first-order valence-corrected chi connectivity index (χ1v) is 9.39. The lowest BCUT2D eigenvalue weighted by molar-refractivity contribution is -0.133. The Bertz CT molecular complexity index is 608. The number of piperazine rings is 1. The molecular formula is C19H31N5O2. The van der Waals surface area contributed by atoms with Gasteiger partial charge in [0.05, 0.1) is 5.56 Å². The molecule has 1 fully saturated rings. The minimum atomic E-state index is -0.0166. The van der Waals surface area contributed by atoms with Gasteiger partial charge in [0.2, 0.25) is 5.91 Å². The first-order chi connectivity index (χ1) is 12.5. The van der Waals surface area contributed by atoms with Gasteiger partial charge in [-0.1, -0.05) is 13.8 Å². The lowest BCUT2D eigenvalue weighted by Crippen LogP contribution is -2.51. The van der Waals surface area contributed by atoms with Crippen LogP contribution in [0.15, 0.2) is 18.3 Å². The molecule has 2 rings (SSSR count). The maximum Gasteiger partial charge on any atom is 0.257 e. The van der Waals surface area contributed by atoms with Gasteiger partial charge in [0.15, 0.2) is 0 Å². The number of amides is 2. The molecule has 0 spiro atoms. The third kappa shape index (κ3) is 4.94. The predicted octanol–water partition coefficient (Wildman–Crippen LogP) is 1.16. The molecule has 0 atom stereocenters. The largest absolute Gasteiger partial charge is 0.362 e. The van der Waals surface area contributed by atoms with Crippen LogP contribution >= 0.6 is 0 Å². The highest BCUT2D eigenvalue weighted by Crippen LogP contribution is 2.18. The molecule has 2 amide bonds. The van der Waals surface area contributed by atoms with Crippen LogP contribution in [0.3, 0.4) is 0 Å². The van der Waals surface area contributed by atoms with Gasteiger partial charge >= 0.3 is 0 Å². The van der Waals surface area contributed by atoms with E-state index < -0.39 is 0 Å². The highest BCUT2D eigenvalue weighted by molar-refractivity contribution is 5.99. The van der Waals surface area contributed by atoms with Crippen molar-refractivity contribution in [1.82, 2.24) is 19.7 Å². The van der Waals surface area contributed by atoms with Crippen molar-refractivity contribution >= 4 is 17.6 Å². The minimum absolute atomic E-state index is 0.0166. The summed E-state index contributed by atoms with van der Waals surface area (Å²) in [5, 5.41) is 0. The molecule has 7 heteroatoms.